The summed E-state index contributed by atoms with van der Waals surface area (Å²) in [6, 6.07) is 3.27. The number of aryl methyl sites for hydroxylation is 1. The highest BCUT2D eigenvalue weighted by Crippen LogP contribution is 2.25. The molecule has 0 spiro atoms. The Kier molecular flexibility index (Phi) is 3.44. The van der Waals surface area contributed by atoms with Crippen LogP contribution in [0.1, 0.15) is 5.69 Å². The minimum Gasteiger partial charge on any atom is -0.383 e. The number of hydrogen-bond acceptors (Lipinski definition) is 9. The Morgan fingerprint density at radius 3 is 2.33 bits per heavy atom. The lowest BCUT2D eigenvalue weighted by Crippen LogP contribution is -2.11. The molecule has 0 amide bonds. The third-order valence-corrected chi connectivity index (χ3v) is 2.68. The van der Waals surface area contributed by atoms with Crippen molar-refractivity contribution < 1.29 is 0 Å². The summed E-state index contributed by atoms with van der Waals surface area (Å²) >= 11 is 1.23. The maximum absolute atomic E-state index is 5.59. The summed E-state index contributed by atoms with van der Waals surface area (Å²) in [6.07, 6.45) is 0. The first kappa shape index (κ1) is 12.3. The lowest BCUT2D eigenvalue weighted by Gasteiger charge is -2.05. The number of anilines is 3. The van der Waals surface area contributed by atoms with E-state index in [4.69, 9.17) is 17.3 Å². The van der Waals surface area contributed by atoms with Gasteiger partial charge in [-0.15, -0.1) is 0 Å². The number of nitrogens with one attached hydrogen (secondary N) is 1. The van der Waals surface area contributed by atoms with Gasteiger partial charge in [0.15, 0.2) is 5.16 Å². The van der Waals surface area contributed by atoms with Crippen LogP contribution in [0.3, 0.4) is 0 Å². The molecule has 0 radical (unpaired) electrons. The van der Waals surface area contributed by atoms with Crippen molar-refractivity contribution in [3.63, 3.8) is 0 Å². The molecule has 2 aromatic heterocycles. The number of rotatable bonds is 3. The van der Waals surface area contributed by atoms with Crippen molar-refractivity contribution in [3.05, 3.63) is 17.8 Å². The van der Waals surface area contributed by atoms with Crippen molar-refractivity contribution in [1.29, 1.82) is 0 Å². The van der Waals surface area contributed by atoms with Gasteiger partial charge in [-0.1, -0.05) is 0 Å². The van der Waals surface area contributed by atoms with Gasteiger partial charge in [0, 0.05) is 11.8 Å². The number of hydrazine groups is 1. The van der Waals surface area contributed by atoms with E-state index < -0.39 is 0 Å². The molecule has 0 aliphatic rings. The summed E-state index contributed by atoms with van der Waals surface area (Å²) in [7, 11) is 0. The van der Waals surface area contributed by atoms with Gasteiger partial charge in [0.2, 0.25) is 5.95 Å². The number of nitrogens with two attached hydrogens (primary N) is 3. The van der Waals surface area contributed by atoms with E-state index in [0.717, 1.165) is 5.69 Å². The normalized spacial score (nSPS) is 10.3. The van der Waals surface area contributed by atoms with E-state index in [1.54, 1.807) is 6.07 Å². The summed E-state index contributed by atoms with van der Waals surface area (Å²) < 4.78 is 0. The van der Waals surface area contributed by atoms with Crippen molar-refractivity contribution in [2.75, 3.05) is 16.9 Å². The summed E-state index contributed by atoms with van der Waals surface area (Å²) in [5, 5.41) is 1.08. The minimum absolute atomic E-state index is 0.313. The third-order valence-electron chi connectivity index (χ3n) is 1.90. The second-order valence-corrected chi connectivity index (χ2v) is 4.41. The van der Waals surface area contributed by atoms with Crippen molar-refractivity contribution in [1.82, 2.24) is 19.9 Å². The Balaban J connectivity index is 2.30. The molecule has 0 aromatic carbocycles. The van der Waals surface area contributed by atoms with Crippen LogP contribution >= 0.6 is 11.8 Å². The molecule has 18 heavy (non-hydrogen) atoms. The van der Waals surface area contributed by atoms with Crippen LogP contribution in [-0.2, 0) is 0 Å². The van der Waals surface area contributed by atoms with Crippen LogP contribution in [0.4, 0.5) is 17.6 Å². The first-order valence-electron chi connectivity index (χ1n) is 4.97. The molecule has 0 aliphatic carbocycles. The van der Waals surface area contributed by atoms with Gasteiger partial charge >= 0.3 is 0 Å². The summed E-state index contributed by atoms with van der Waals surface area (Å²) in [5.74, 6) is 6.23. The van der Waals surface area contributed by atoms with Crippen LogP contribution < -0.4 is 22.7 Å². The molecule has 0 atom stereocenters. The molecule has 8 nitrogen and oxygen atoms in total. The van der Waals surface area contributed by atoms with Gasteiger partial charge in [-0.25, -0.2) is 25.8 Å². The summed E-state index contributed by atoms with van der Waals surface area (Å²) in [6.45, 7) is 1.83. The van der Waals surface area contributed by atoms with Crippen molar-refractivity contribution in [2.45, 2.75) is 17.1 Å². The van der Waals surface area contributed by atoms with E-state index in [9.17, 15) is 0 Å². The Morgan fingerprint density at radius 2 is 1.72 bits per heavy atom. The Morgan fingerprint density at radius 1 is 1.06 bits per heavy atom. The second-order valence-electron chi connectivity index (χ2n) is 3.42. The maximum atomic E-state index is 5.59. The molecule has 0 fully saturated rings. The Bertz CT molecular complexity index is 552. The van der Waals surface area contributed by atoms with Gasteiger partial charge in [0.05, 0.1) is 0 Å². The molecule has 2 aromatic rings. The number of nitrogens with zero attached hydrogens (tertiary/aromatic N) is 4. The molecule has 0 bridgehead atoms. The lowest BCUT2D eigenvalue weighted by molar-refractivity contribution is 0.959. The Labute approximate surface area is 107 Å². The van der Waals surface area contributed by atoms with Crippen LogP contribution in [0.15, 0.2) is 22.3 Å². The van der Waals surface area contributed by atoms with Gasteiger partial charge in [-0.3, -0.25) is 5.43 Å². The lowest BCUT2D eigenvalue weighted by atomic mass is 10.5. The van der Waals surface area contributed by atoms with E-state index in [1.807, 2.05) is 6.92 Å². The van der Waals surface area contributed by atoms with Gasteiger partial charge in [0.1, 0.15) is 16.7 Å². The van der Waals surface area contributed by atoms with Crippen LogP contribution in [-0.4, -0.2) is 19.9 Å². The highest BCUT2D eigenvalue weighted by atomic mass is 32.2. The minimum atomic E-state index is 0.313. The number of nitrogen functional groups attached to an aromatic ring is 3. The first-order chi connectivity index (χ1) is 8.56. The molecule has 0 saturated heterocycles. The molecule has 7 N–H and O–H groups in total. The van der Waals surface area contributed by atoms with E-state index in [0.29, 0.717) is 27.8 Å². The van der Waals surface area contributed by atoms with Crippen LogP contribution in [0, 0.1) is 6.92 Å². The zero-order valence-electron chi connectivity index (χ0n) is 9.58. The highest BCUT2D eigenvalue weighted by Gasteiger charge is 2.07. The molecule has 9 heteroatoms. The molecular weight excluding hydrogens is 252 g/mol. The van der Waals surface area contributed by atoms with E-state index in [2.05, 4.69) is 25.4 Å². The van der Waals surface area contributed by atoms with Crippen molar-refractivity contribution in [3.8, 4) is 0 Å². The Hall–Kier alpha value is -2.13. The van der Waals surface area contributed by atoms with Crippen LogP contribution in [0.5, 0.6) is 0 Å². The average Bonchev–Trinajstić information content (AvgIpc) is 2.26. The summed E-state index contributed by atoms with van der Waals surface area (Å²) in [5.41, 5.74) is 14.3. The fourth-order valence-corrected chi connectivity index (χ4v) is 2.11. The van der Waals surface area contributed by atoms with Crippen molar-refractivity contribution >= 4 is 29.3 Å². The van der Waals surface area contributed by atoms with Crippen LogP contribution in [0.25, 0.3) is 0 Å². The fraction of sp³-hybridized carbons (Fsp3) is 0.111. The van der Waals surface area contributed by atoms with Gasteiger partial charge in [-0.2, -0.15) is 0 Å². The smallest absolute Gasteiger partial charge is 0.238 e. The third kappa shape index (κ3) is 2.96. The van der Waals surface area contributed by atoms with E-state index in [-0.39, 0.29) is 0 Å². The van der Waals surface area contributed by atoms with Crippen LogP contribution in [0.2, 0.25) is 0 Å². The van der Waals surface area contributed by atoms with Gasteiger partial charge in [0.25, 0.3) is 0 Å². The number of hydrogen-bond donors (Lipinski definition) is 4. The summed E-state index contributed by atoms with van der Waals surface area (Å²) in [4.78, 5) is 16.3. The molecule has 2 heterocycles. The zero-order chi connectivity index (χ0) is 13.1. The standard InChI is InChI=1S/C9H12N8S/c1-4-2-7(16-8(13-4)17-12)18-9-14-5(10)3-6(11)15-9/h2-3H,12H2,1H3,(H,13,16,17)(H4,10,11,14,15). The predicted molar refractivity (Wildman–Crippen MR) is 69.6 cm³/mol. The molecule has 0 unspecified atom stereocenters. The van der Waals surface area contributed by atoms with E-state index in [1.165, 1.54) is 17.8 Å². The average molecular weight is 264 g/mol. The maximum Gasteiger partial charge on any atom is 0.238 e. The number of aromatic nitrogens is 4. The largest absolute Gasteiger partial charge is 0.383 e. The predicted octanol–water partition coefficient (Wildman–Crippen LogP) is 0.176. The molecular formula is C9H12N8S. The topological polar surface area (TPSA) is 142 Å². The quantitative estimate of drug-likeness (QED) is 0.264. The second kappa shape index (κ2) is 5.02. The SMILES string of the molecule is Cc1cc(Sc2nc(N)cc(N)n2)nc(NN)n1. The zero-order valence-corrected chi connectivity index (χ0v) is 10.4. The van der Waals surface area contributed by atoms with E-state index >= 15 is 0 Å². The molecule has 2 rings (SSSR count). The van der Waals surface area contributed by atoms with Gasteiger partial charge < -0.3 is 11.5 Å². The van der Waals surface area contributed by atoms with Gasteiger partial charge in [-0.05, 0) is 24.8 Å². The molecule has 0 aliphatic heterocycles. The molecule has 94 valence electrons. The highest BCUT2D eigenvalue weighted by molar-refractivity contribution is 7.99. The monoisotopic (exact) mass is 264 g/mol. The van der Waals surface area contributed by atoms with Crippen molar-refractivity contribution in [2.24, 2.45) is 5.84 Å². The molecule has 0 saturated carbocycles. The fourth-order valence-electron chi connectivity index (χ4n) is 1.26. The first-order valence-corrected chi connectivity index (χ1v) is 5.78.